The molecule has 0 saturated carbocycles. The highest BCUT2D eigenvalue weighted by molar-refractivity contribution is 5.87. The average Bonchev–Trinajstić information content (AvgIpc) is 3.21. The third-order valence-electron chi connectivity index (χ3n) is 5.53. The van der Waals surface area contributed by atoms with Gasteiger partial charge in [-0.3, -0.25) is 4.79 Å². The molecule has 0 spiro atoms. The molecule has 1 unspecified atom stereocenters. The van der Waals surface area contributed by atoms with Gasteiger partial charge in [-0.05, 0) is 49.4 Å². The van der Waals surface area contributed by atoms with Crippen molar-refractivity contribution in [2.24, 2.45) is 5.92 Å². The van der Waals surface area contributed by atoms with Crippen molar-refractivity contribution < 1.29 is 9.90 Å². The predicted molar refractivity (Wildman–Crippen MR) is 114 cm³/mol. The van der Waals surface area contributed by atoms with Crippen LogP contribution in [0, 0.1) is 5.92 Å². The van der Waals surface area contributed by atoms with Crippen molar-refractivity contribution in [2.45, 2.75) is 32.3 Å². The van der Waals surface area contributed by atoms with Crippen LogP contribution in [0.4, 0.5) is 11.5 Å². The van der Waals surface area contributed by atoms with Crippen LogP contribution in [0.3, 0.4) is 0 Å². The smallest absolute Gasteiger partial charge is 0.152 e. The van der Waals surface area contributed by atoms with Crippen LogP contribution < -0.4 is 10.2 Å². The number of benzene rings is 1. The Kier molecular flexibility index (Phi) is 5.76. The van der Waals surface area contributed by atoms with E-state index in [1.165, 1.54) is 0 Å². The number of Topliss-reactive ketones (excluding diaryl/α,β-unsaturated/α-hetero) is 1. The summed E-state index contributed by atoms with van der Waals surface area (Å²) in [6.45, 7) is 3.82. The Morgan fingerprint density at radius 1 is 1.38 bits per heavy atom. The molecule has 152 valence electrons. The van der Waals surface area contributed by atoms with Crippen molar-refractivity contribution >= 4 is 28.3 Å². The van der Waals surface area contributed by atoms with E-state index in [4.69, 9.17) is 0 Å². The summed E-state index contributed by atoms with van der Waals surface area (Å²) in [5.74, 6) is 1.47. The maximum Gasteiger partial charge on any atom is 0.152 e. The van der Waals surface area contributed by atoms with Crippen molar-refractivity contribution in [1.29, 1.82) is 0 Å². The van der Waals surface area contributed by atoms with Gasteiger partial charge in [0.05, 0.1) is 18.0 Å². The van der Waals surface area contributed by atoms with Gasteiger partial charge < -0.3 is 20.3 Å². The molecular formula is C22H27N5O2. The fraction of sp³-hybridized carbons (Fsp3) is 0.409. The number of nitrogens with one attached hydrogen (secondary N) is 2. The quantitative estimate of drug-likeness (QED) is 0.570. The first kappa shape index (κ1) is 19.4. The summed E-state index contributed by atoms with van der Waals surface area (Å²) in [5.41, 5.74) is 2.54. The fourth-order valence-electron chi connectivity index (χ4n) is 4.04. The molecule has 7 nitrogen and oxygen atoms in total. The van der Waals surface area contributed by atoms with Crippen LogP contribution in [0.2, 0.25) is 0 Å². The minimum absolute atomic E-state index is 0.203. The Morgan fingerprint density at radius 2 is 2.28 bits per heavy atom. The topological polar surface area (TPSA) is 94.1 Å². The number of ketones is 1. The highest BCUT2D eigenvalue weighted by Gasteiger charge is 2.24. The molecule has 4 rings (SSSR count). The Bertz CT molecular complexity index is 984. The molecule has 3 N–H and O–H groups in total. The summed E-state index contributed by atoms with van der Waals surface area (Å²) in [5, 5.41) is 13.9. The van der Waals surface area contributed by atoms with E-state index in [2.05, 4.69) is 25.2 Å². The molecular weight excluding hydrogens is 366 g/mol. The van der Waals surface area contributed by atoms with Gasteiger partial charge in [-0.2, -0.15) is 0 Å². The highest BCUT2D eigenvalue weighted by Crippen LogP contribution is 2.28. The first-order valence-electron chi connectivity index (χ1n) is 10.2. The van der Waals surface area contributed by atoms with Gasteiger partial charge in [0, 0.05) is 31.4 Å². The SMILES string of the molecule is CC(O)c1cccc(NCC(=O)C[C@@H]2CCCN(c3ncnc4[nH]ccc34)C2)c1. The number of carbonyl (C=O) groups excluding carboxylic acids is 1. The van der Waals surface area contributed by atoms with Crippen LogP contribution in [0.15, 0.2) is 42.9 Å². The number of H-pyrrole nitrogens is 1. The van der Waals surface area contributed by atoms with E-state index in [1.807, 2.05) is 36.5 Å². The number of carbonyl (C=O) groups is 1. The van der Waals surface area contributed by atoms with E-state index in [0.717, 1.165) is 54.0 Å². The van der Waals surface area contributed by atoms with E-state index in [-0.39, 0.29) is 5.78 Å². The van der Waals surface area contributed by atoms with Gasteiger partial charge in [-0.1, -0.05) is 12.1 Å². The van der Waals surface area contributed by atoms with Gasteiger partial charge >= 0.3 is 0 Å². The van der Waals surface area contributed by atoms with Crippen molar-refractivity contribution in [3.8, 4) is 0 Å². The number of rotatable bonds is 7. The van der Waals surface area contributed by atoms with Crippen LogP contribution >= 0.6 is 0 Å². The summed E-state index contributed by atoms with van der Waals surface area (Å²) >= 11 is 0. The standard InChI is InChI=1S/C22H27N5O2/c1-15(28)17-5-2-6-18(11-17)24-12-19(29)10-16-4-3-9-27(13-16)22-20-7-8-23-21(20)25-14-26-22/h2,5-8,11,14-16,24,28H,3-4,9-10,12-13H2,1H3,(H,23,25,26)/t15?,16-/m0/s1. The molecule has 7 heteroatoms. The third kappa shape index (κ3) is 4.56. The molecule has 1 fully saturated rings. The zero-order valence-electron chi connectivity index (χ0n) is 16.6. The Hall–Kier alpha value is -2.93. The molecule has 0 bridgehead atoms. The van der Waals surface area contributed by atoms with E-state index >= 15 is 0 Å². The Labute approximate surface area is 170 Å². The number of piperidine rings is 1. The molecule has 29 heavy (non-hydrogen) atoms. The molecule has 1 saturated heterocycles. The lowest BCUT2D eigenvalue weighted by molar-refractivity contribution is -0.118. The summed E-state index contributed by atoms with van der Waals surface area (Å²) in [7, 11) is 0. The van der Waals surface area contributed by atoms with Crippen LogP contribution in [-0.2, 0) is 4.79 Å². The second-order valence-corrected chi connectivity index (χ2v) is 7.79. The van der Waals surface area contributed by atoms with E-state index in [1.54, 1.807) is 13.3 Å². The number of aromatic amines is 1. The zero-order valence-corrected chi connectivity index (χ0v) is 16.6. The van der Waals surface area contributed by atoms with Crippen LogP contribution in [0.1, 0.15) is 37.9 Å². The van der Waals surface area contributed by atoms with Gasteiger partial charge in [-0.15, -0.1) is 0 Å². The minimum Gasteiger partial charge on any atom is -0.389 e. The molecule has 0 aliphatic carbocycles. The number of aliphatic hydroxyl groups excluding tert-OH is 1. The van der Waals surface area contributed by atoms with Crippen LogP contribution in [0.5, 0.6) is 0 Å². The molecule has 3 aromatic rings. The summed E-state index contributed by atoms with van der Waals surface area (Å²) < 4.78 is 0. The number of aliphatic hydroxyl groups is 1. The van der Waals surface area contributed by atoms with E-state index in [0.29, 0.717) is 18.9 Å². The zero-order chi connectivity index (χ0) is 20.2. The van der Waals surface area contributed by atoms with E-state index < -0.39 is 6.10 Å². The molecule has 1 aromatic carbocycles. The first-order chi connectivity index (χ1) is 14.1. The van der Waals surface area contributed by atoms with Gasteiger partial charge in [0.2, 0.25) is 0 Å². The predicted octanol–water partition coefficient (Wildman–Crippen LogP) is 3.30. The molecule has 0 radical (unpaired) electrons. The molecule has 1 aliphatic rings. The Morgan fingerprint density at radius 3 is 3.14 bits per heavy atom. The molecule has 1 aliphatic heterocycles. The average molecular weight is 393 g/mol. The van der Waals surface area contributed by atoms with Gasteiger partial charge in [0.15, 0.2) is 5.78 Å². The van der Waals surface area contributed by atoms with Crippen LogP contribution in [-0.4, -0.2) is 45.5 Å². The number of fused-ring (bicyclic) bond motifs is 1. The Balaban J connectivity index is 1.34. The third-order valence-corrected chi connectivity index (χ3v) is 5.53. The van der Waals surface area contributed by atoms with Crippen molar-refractivity contribution in [3.63, 3.8) is 0 Å². The molecule has 3 heterocycles. The fourth-order valence-corrected chi connectivity index (χ4v) is 4.04. The summed E-state index contributed by atoms with van der Waals surface area (Å²) in [6, 6.07) is 9.57. The lowest BCUT2D eigenvalue weighted by atomic mass is 9.92. The largest absolute Gasteiger partial charge is 0.389 e. The van der Waals surface area contributed by atoms with Gasteiger partial charge in [0.25, 0.3) is 0 Å². The second-order valence-electron chi connectivity index (χ2n) is 7.79. The maximum absolute atomic E-state index is 12.6. The molecule has 2 aromatic heterocycles. The summed E-state index contributed by atoms with van der Waals surface area (Å²) in [4.78, 5) is 26.7. The molecule has 2 atom stereocenters. The highest BCUT2D eigenvalue weighted by atomic mass is 16.3. The summed E-state index contributed by atoms with van der Waals surface area (Å²) in [6.07, 6.45) is 5.62. The number of hydrogen-bond donors (Lipinski definition) is 3. The van der Waals surface area contributed by atoms with Crippen molar-refractivity contribution in [2.75, 3.05) is 29.9 Å². The van der Waals surface area contributed by atoms with Crippen molar-refractivity contribution in [1.82, 2.24) is 15.0 Å². The molecule has 0 amide bonds. The number of nitrogens with zero attached hydrogens (tertiary/aromatic N) is 3. The van der Waals surface area contributed by atoms with Crippen molar-refractivity contribution in [3.05, 3.63) is 48.4 Å². The first-order valence-corrected chi connectivity index (χ1v) is 10.2. The number of anilines is 2. The van der Waals surface area contributed by atoms with Crippen LogP contribution in [0.25, 0.3) is 11.0 Å². The number of aromatic nitrogens is 3. The maximum atomic E-state index is 12.6. The lowest BCUT2D eigenvalue weighted by Gasteiger charge is -2.33. The number of hydrogen-bond acceptors (Lipinski definition) is 6. The monoisotopic (exact) mass is 393 g/mol. The van der Waals surface area contributed by atoms with E-state index in [9.17, 15) is 9.90 Å². The second kappa shape index (κ2) is 8.61. The van der Waals surface area contributed by atoms with Gasteiger partial charge in [0.1, 0.15) is 17.8 Å². The normalized spacial score (nSPS) is 18.0. The minimum atomic E-state index is -0.519. The van der Waals surface area contributed by atoms with Gasteiger partial charge in [-0.25, -0.2) is 9.97 Å². The lowest BCUT2D eigenvalue weighted by Crippen LogP contribution is -2.37.